The lowest BCUT2D eigenvalue weighted by Gasteiger charge is -2.16. The number of carbonyl (C=O) groups excluding carboxylic acids is 1. The van der Waals surface area contributed by atoms with Gasteiger partial charge in [0.25, 0.3) is 0 Å². The maximum Gasteiger partial charge on any atom is 0.325 e. The van der Waals surface area contributed by atoms with Crippen LogP contribution in [0.25, 0.3) is 0 Å². The summed E-state index contributed by atoms with van der Waals surface area (Å²) in [4.78, 5) is 22.1. The fourth-order valence-electron chi connectivity index (χ4n) is 1.36. The molecule has 0 radical (unpaired) electrons. The average molecular weight is 315 g/mol. The minimum atomic E-state index is -1.07. The Balaban J connectivity index is 2.57. The highest BCUT2D eigenvalue weighted by Crippen LogP contribution is 2.17. The predicted molar refractivity (Wildman–Crippen MR) is 71.3 cm³/mol. The van der Waals surface area contributed by atoms with Gasteiger partial charge in [-0.2, -0.15) is 0 Å². The zero-order chi connectivity index (χ0) is 13.7. The fourth-order valence-corrected chi connectivity index (χ4v) is 1.77. The Bertz CT molecular complexity index is 451. The van der Waals surface area contributed by atoms with Crippen molar-refractivity contribution in [2.75, 3.05) is 0 Å². The number of halogens is 1. The number of carboxylic acids is 1. The molecule has 2 unspecified atom stereocenters. The van der Waals surface area contributed by atoms with Crippen molar-refractivity contribution < 1.29 is 14.7 Å². The number of aliphatic carboxylic acids is 1. The predicted octanol–water partition coefficient (Wildman–Crippen LogP) is 2.28. The Kier molecular flexibility index (Phi) is 5.15. The molecule has 0 aliphatic rings. The molecule has 2 amide bonds. The standard InChI is InChI=1S/C12H15BrN2O3/c1-7(9-4-3-5-10(13)6-9)14-12(18)15-8(2)11(16)17/h3-8H,1-2H3,(H,16,17)(H2,14,15,18). The highest BCUT2D eigenvalue weighted by molar-refractivity contribution is 9.10. The molecule has 0 saturated heterocycles. The summed E-state index contributed by atoms with van der Waals surface area (Å²) < 4.78 is 0.924. The first kappa shape index (κ1) is 14.5. The van der Waals surface area contributed by atoms with Gasteiger partial charge in [0.2, 0.25) is 0 Å². The maximum atomic E-state index is 11.5. The van der Waals surface area contributed by atoms with Crippen LogP contribution in [0.5, 0.6) is 0 Å². The summed E-state index contributed by atoms with van der Waals surface area (Å²) in [7, 11) is 0. The number of hydrogen-bond acceptors (Lipinski definition) is 2. The van der Waals surface area contributed by atoms with Gasteiger partial charge in [-0.1, -0.05) is 28.1 Å². The van der Waals surface area contributed by atoms with Gasteiger partial charge in [0.05, 0.1) is 6.04 Å². The second-order valence-electron chi connectivity index (χ2n) is 3.95. The molecule has 0 aliphatic heterocycles. The van der Waals surface area contributed by atoms with Crippen LogP contribution in [0.15, 0.2) is 28.7 Å². The van der Waals surface area contributed by atoms with Crippen LogP contribution >= 0.6 is 15.9 Å². The SMILES string of the molecule is CC(NC(=O)NC(C)c1cccc(Br)c1)C(=O)O. The quantitative estimate of drug-likeness (QED) is 0.797. The number of carbonyl (C=O) groups is 2. The number of amides is 2. The van der Waals surface area contributed by atoms with Crippen molar-refractivity contribution >= 4 is 27.9 Å². The smallest absolute Gasteiger partial charge is 0.325 e. The topological polar surface area (TPSA) is 78.4 Å². The third-order valence-corrected chi connectivity index (χ3v) is 2.91. The first-order valence-electron chi connectivity index (χ1n) is 5.45. The molecule has 0 saturated carbocycles. The van der Waals surface area contributed by atoms with Gasteiger partial charge in [0.1, 0.15) is 6.04 Å². The van der Waals surface area contributed by atoms with Crippen molar-refractivity contribution in [3.05, 3.63) is 34.3 Å². The summed E-state index contributed by atoms with van der Waals surface area (Å²) in [5.74, 6) is -1.07. The average Bonchev–Trinajstić information content (AvgIpc) is 2.28. The Morgan fingerprint density at radius 3 is 2.50 bits per heavy atom. The molecule has 6 heteroatoms. The molecule has 0 aliphatic carbocycles. The molecular formula is C12H15BrN2O3. The lowest BCUT2D eigenvalue weighted by Crippen LogP contribution is -2.45. The first-order valence-corrected chi connectivity index (χ1v) is 6.24. The summed E-state index contributed by atoms with van der Waals surface area (Å²) in [5.41, 5.74) is 0.933. The number of rotatable bonds is 4. The van der Waals surface area contributed by atoms with E-state index in [9.17, 15) is 9.59 Å². The minimum absolute atomic E-state index is 0.205. The molecule has 5 nitrogen and oxygen atoms in total. The van der Waals surface area contributed by atoms with E-state index in [0.29, 0.717) is 0 Å². The lowest BCUT2D eigenvalue weighted by molar-refractivity contribution is -0.138. The van der Waals surface area contributed by atoms with Crippen molar-refractivity contribution in [2.24, 2.45) is 0 Å². The van der Waals surface area contributed by atoms with E-state index in [1.165, 1.54) is 6.92 Å². The molecule has 0 bridgehead atoms. The molecule has 18 heavy (non-hydrogen) atoms. The number of carboxylic acid groups (broad SMARTS) is 1. The van der Waals surface area contributed by atoms with Gasteiger partial charge in [-0.25, -0.2) is 4.79 Å². The van der Waals surface area contributed by atoms with Crippen molar-refractivity contribution in [3.8, 4) is 0 Å². The fraction of sp³-hybridized carbons (Fsp3) is 0.333. The Morgan fingerprint density at radius 2 is 1.94 bits per heavy atom. The van der Waals surface area contributed by atoms with E-state index >= 15 is 0 Å². The summed E-state index contributed by atoms with van der Waals surface area (Å²) >= 11 is 3.35. The second-order valence-corrected chi connectivity index (χ2v) is 4.87. The normalized spacial score (nSPS) is 13.5. The van der Waals surface area contributed by atoms with Crippen LogP contribution in [-0.4, -0.2) is 23.1 Å². The van der Waals surface area contributed by atoms with E-state index in [-0.39, 0.29) is 6.04 Å². The van der Waals surface area contributed by atoms with Crippen molar-refractivity contribution in [1.82, 2.24) is 10.6 Å². The molecular weight excluding hydrogens is 300 g/mol. The zero-order valence-electron chi connectivity index (χ0n) is 10.1. The Labute approximate surface area is 114 Å². The second kappa shape index (κ2) is 6.39. The van der Waals surface area contributed by atoms with Crippen LogP contribution in [0.4, 0.5) is 4.79 Å². The largest absolute Gasteiger partial charge is 0.480 e. The van der Waals surface area contributed by atoms with Crippen molar-refractivity contribution in [1.29, 1.82) is 0 Å². The maximum absolute atomic E-state index is 11.5. The van der Waals surface area contributed by atoms with Crippen LogP contribution in [0.2, 0.25) is 0 Å². The van der Waals surface area contributed by atoms with Crippen LogP contribution in [-0.2, 0) is 4.79 Å². The van der Waals surface area contributed by atoms with Gasteiger partial charge in [-0.3, -0.25) is 4.79 Å². The van der Waals surface area contributed by atoms with Gasteiger partial charge in [0.15, 0.2) is 0 Å². The Hall–Kier alpha value is -1.56. The summed E-state index contributed by atoms with van der Waals surface area (Å²) in [6.45, 7) is 3.23. The van der Waals surface area contributed by atoms with Crippen molar-refractivity contribution in [2.45, 2.75) is 25.9 Å². The van der Waals surface area contributed by atoms with Gasteiger partial charge >= 0.3 is 12.0 Å². The Morgan fingerprint density at radius 1 is 1.28 bits per heavy atom. The van der Waals surface area contributed by atoms with E-state index in [1.54, 1.807) is 0 Å². The van der Waals surface area contributed by atoms with E-state index in [0.717, 1.165) is 10.0 Å². The van der Waals surface area contributed by atoms with Gasteiger partial charge in [0, 0.05) is 4.47 Å². The van der Waals surface area contributed by atoms with Crippen LogP contribution in [0, 0.1) is 0 Å². The molecule has 0 fully saturated rings. The summed E-state index contributed by atoms with van der Waals surface area (Å²) in [6, 6.07) is 5.92. The molecule has 0 spiro atoms. The number of benzene rings is 1. The highest BCUT2D eigenvalue weighted by atomic mass is 79.9. The molecule has 1 aromatic carbocycles. The molecule has 0 heterocycles. The van der Waals surface area contributed by atoms with Crippen LogP contribution in [0.3, 0.4) is 0 Å². The molecule has 1 aromatic rings. The zero-order valence-corrected chi connectivity index (χ0v) is 11.7. The lowest BCUT2D eigenvalue weighted by atomic mass is 10.1. The first-order chi connectivity index (χ1) is 8.40. The third kappa shape index (κ3) is 4.37. The minimum Gasteiger partial charge on any atom is -0.480 e. The summed E-state index contributed by atoms with van der Waals surface area (Å²) in [5, 5.41) is 13.7. The molecule has 3 N–H and O–H groups in total. The van der Waals surface area contributed by atoms with Gasteiger partial charge < -0.3 is 15.7 Å². The molecule has 0 aromatic heterocycles. The highest BCUT2D eigenvalue weighted by Gasteiger charge is 2.15. The van der Waals surface area contributed by atoms with E-state index in [1.807, 2.05) is 31.2 Å². The summed E-state index contributed by atoms with van der Waals surface area (Å²) in [6.07, 6.45) is 0. The number of urea groups is 1. The number of hydrogen-bond donors (Lipinski definition) is 3. The van der Waals surface area contributed by atoms with Crippen LogP contribution < -0.4 is 10.6 Å². The van der Waals surface area contributed by atoms with Crippen LogP contribution in [0.1, 0.15) is 25.5 Å². The van der Waals surface area contributed by atoms with E-state index in [4.69, 9.17) is 5.11 Å². The molecule has 2 atom stereocenters. The van der Waals surface area contributed by atoms with Crippen molar-refractivity contribution in [3.63, 3.8) is 0 Å². The van der Waals surface area contributed by atoms with Gasteiger partial charge in [-0.15, -0.1) is 0 Å². The third-order valence-electron chi connectivity index (χ3n) is 2.41. The van der Waals surface area contributed by atoms with E-state index < -0.39 is 18.0 Å². The van der Waals surface area contributed by atoms with E-state index in [2.05, 4.69) is 26.6 Å². The molecule has 98 valence electrons. The van der Waals surface area contributed by atoms with Gasteiger partial charge in [-0.05, 0) is 31.5 Å². The molecule has 1 rings (SSSR count). The number of nitrogens with one attached hydrogen (secondary N) is 2. The monoisotopic (exact) mass is 314 g/mol.